The Balaban J connectivity index is 2.32. The molecule has 0 aliphatic heterocycles. The molecule has 0 aromatic carbocycles. The first-order valence-electron chi connectivity index (χ1n) is 4.07. The van der Waals surface area contributed by atoms with Crippen molar-refractivity contribution in [1.29, 1.82) is 0 Å². The zero-order chi connectivity index (χ0) is 8.55. The number of aliphatic hydroxyl groups excluding tert-OH is 1. The van der Waals surface area contributed by atoms with Crippen molar-refractivity contribution in [3.63, 3.8) is 0 Å². The fourth-order valence-corrected chi connectivity index (χ4v) is 2.77. The van der Waals surface area contributed by atoms with Crippen molar-refractivity contribution in [3.05, 3.63) is 21.4 Å². The highest BCUT2D eigenvalue weighted by Gasteiger charge is 2.17. The minimum absolute atomic E-state index is 0.694. The summed E-state index contributed by atoms with van der Waals surface area (Å²) in [6.45, 7) is 0. The second-order valence-electron chi connectivity index (χ2n) is 3.02. The van der Waals surface area contributed by atoms with Crippen molar-refractivity contribution in [1.82, 2.24) is 0 Å². The quantitative estimate of drug-likeness (QED) is 0.651. The number of thiophene rings is 1. The molecule has 1 heterocycles. The third-order valence-corrected chi connectivity index (χ3v) is 3.48. The van der Waals surface area contributed by atoms with E-state index in [9.17, 15) is 5.11 Å². The molecule has 0 spiro atoms. The maximum absolute atomic E-state index is 9.36. The van der Waals surface area contributed by atoms with E-state index >= 15 is 0 Å². The Morgan fingerprint density at radius 1 is 1.58 bits per heavy atom. The predicted molar refractivity (Wildman–Crippen MR) is 50.1 cm³/mol. The summed E-state index contributed by atoms with van der Waals surface area (Å²) in [7, 11) is 0. The number of hydrogen-bond donors (Lipinski definition) is 1. The molecule has 1 unspecified atom stereocenters. The Bertz CT molecular complexity index is 311. The second-order valence-corrected chi connectivity index (χ2v) is 4.19. The average Bonchev–Trinajstić information content (AvgIpc) is 2.60. The Morgan fingerprint density at radius 3 is 3.08 bits per heavy atom. The van der Waals surface area contributed by atoms with Gasteiger partial charge in [-0.1, -0.05) is 5.92 Å². The summed E-state index contributed by atoms with van der Waals surface area (Å²) in [6.07, 6.45) is 8.01. The molecule has 0 saturated carbocycles. The van der Waals surface area contributed by atoms with E-state index in [1.165, 1.54) is 16.9 Å². The molecule has 1 aromatic heterocycles. The molecule has 1 atom stereocenters. The molecule has 12 heavy (non-hydrogen) atoms. The van der Waals surface area contributed by atoms with Crippen LogP contribution in [0.4, 0.5) is 0 Å². The highest BCUT2D eigenvalue weighted by atomic mass is 32.1. The number of aliphatic hydroxyl groups is 1. The number of fused-ring (bicyclic) bond motifs is 1. The fraction of sp³-hybridized carbons (Fsp3) is 0.400. The van der Waals surface area contributed by atoms with Crippen LogP contribution in [0.25, 0.3) is 0 Å². The standard InChI is InChI=1S/C10H10OS/c1-2-8(11)10-6-7-4-3-5-9(7)12-10/h1,6,8,11H,3-5H2. The summed E-state index contributed by atoms with van der Waals surface area (Å²) in [6, 6.07) is 2.05. The molecule has 1 N–H and O–H groups in total. The smallest absolute Gasteiger partial charge is 0.149 e. The Hall–Kier alpha value is -0.780. The molecular formula is C10H10OS. The lowest BCUT2D eigenvalue weighted by Crippen LogP contribution is -1.88. The molecule has 0 bridgehead atoms. The second kappa shape index (κ2) is 2.93. The molecule has 1 aliphatic rings. The predicted octanol–water partition coefficient (Wildman–Crippen LogP) is 1.90. The summed E-state index contributed by atoms with van der Waals surface area (Å²) in [5.74, 6) is 2.34. The van der Waals surface area contributed by atoms with Gasteiger partial charge in [0.25, 0.3) is 0 Å². The van der Waals surface area contributed by atoms with Gasteiger partial charge in [0.2, 0.25) is 0 Å². The van der Waals surface area contributed by atoms with Crippen LogP contribution in [-0.4, -0.2) is 5.11 Å². The van der Waals surface area contributed by atoms with Gasteiger partial charge in [0.15, 0.2) is 0 Å². The van der Waals surface area contributed by atoms with Gasteiger partial charge in [0.1, 0.15) is 6.10 Å². The van der Waals surface area contributed by atoms with Gasteiger partial charge in [-0.3, -0.25) is 0 Å². The van der Waals surface area contributed by atoms with E-state index in [2.05, 4.69) is 12.0 Å². The van der Waals surface area contributed by atoms with Crippen LogP contribution in [0.1, 0.15) is 27.8 Å². The van der Waals surface area contributed by atoms with Gasteiger partial charge in [-0.25, -0.2) is 0 Å². The van der Waals surface area contributed by atoms with E-state index in [1.807, 2.05) is 0 Å². The first kappa shape index (κ1) is 7.85. The molecular weight excluding hydrogens is 168 g/mol. The van der Waals surface area contributed by atoms with Gasteiger partial charge in [0.05, 0.1) is 0 Å². The van der Waals surface area contributed by atoms with E-state index < -0.39 is 6.10 Å². The third-order valence-electron chi connectivity index (χ3n) is 2.19. The van der Waals surface area contributed by atoms with Crippen LogP contribution in [0, 0.1) is 12.3 Å². The molecule has 2 rings (SSSR count). The number of aryl methyl sites for hydroxylation is 2. The molecule has 0 fully saturated rings. The maximum Gasteiger partial charge on any atom is 0.149 e. The van der Waals surface area contributed by atoms with Crippen LogP contribution in [0.3, 0.4) is 0 Å². The van der Waals surface area contributed by atoms with Crippen LogP contribution in [0.15, 0.2) is 6.07 Å². The molecule has 1 aromatic rings. The average molecular weight is 178 g/mol. The molecule has 0 saturated heterocycles. The van der Waals surface area contributed by atoms with Crippen molar-refractivity contribution < 1.29 is 5.11 Å². The first-order chi connectivity index (χ1) is 5.81. The van der Waals surface area contributed by atoms with E-state index in [-0.39, 0.29) is 0 Å². The lowest BCUT2D eigenvalue weighted by atomic mass is 10.2. The van der Waals surface area contributed by atoms with Crippen molar-refractivity contribution >= 4 is 11.3 Å². The van der Waals surface area contributed by atoms with E-state index in [0.717, 1.165) is 17.7 Å². The van der Waals surface area contributed by atoms with Crippen molar-refractivity contribution in [2.45, 2.75) is 25.4 Å². The highest BCUT2D eigenvalue weighted by molar-refractivity contribution is 7.12. The summed E-state index contributed by atoms with van der Waals surface area (Å²) < 4.78 is 0. The third kappa shape index (κ3) is 1.16. The molecule has 1 aliphatic carbocycles. The van der Waals surface area contributed by atoms with Gasteiger partial charge >= 0.3 is 0 Å². The SMILES string of the molecule is C#CC(O)c1cc2c(s1)CCC2. The van der Waals surface area contributed by atoms with E-state index in [1.54, 1.807) is 11.3 Å². The van der Waals surface area contributed by atoms with Crippen LogP contribution in [0.2, 0.25) is 0 Å². The lowest BCUT2D eigenvalue weighted by molar-refractivity contribution is 0.242. The van der Waals surface area contributed by atoms with E-state index in [0.29, 0.717) is 0 Å². The summed E-state index contributed by atoms with van der Waals surface area (Å²) in [4.78, 5) is 2.35. The van der Waals surface area contributed by atoms with Crippen molar-refractivity contribution in [3.8, 4) is 12.3 Å². The number of hydrogen-bond acceptors (Lipinski definition) is 2. The molecule has 1 nitrogen and oxygen atoms in total. The normalized spacial score (nSPS) is 17.0. The zero-order valence-electron chi connectivity index (χ0n) is 6.71. The summed E-state index contributed by atoms with van der Waals surface area (Å²) >= 11 is 1.66. The van der Waals surface area contributed by atoms with Crippen LogP contribution in [-0.2, 0) is 12.8 Å². The van der Waals surface area contributed by atoms with Gasteiger partial charge in [-0.15, -0.1) is 17.8 Å². The number of terminal acetylenes is 1. The molecule has 2 heteroatoms. The topological polar surface area (TPSA) is 20.2 Å². The van der Waals surface area contributed by atoms with Gasteiger partial charge in [0, 0.05) is 9.75 Å². The minimum Gasteiger partial charge on any atom is -0.375 e. The Labute approximate surface area is 76.0 Å². The first-order valence-corrected chi connectivity index (χ1v) is 4.88. The van der Waals surface area contributed by atoms with Gasteiger partial charge < -0.3 is 5.11 Å². The van der Waals surface area contributed by atoms with E-state index in [4.69, 9.17) is 6.42 Å². The molecule has 0 amide bonds. The van der Waals surface area contributed by atoms with Crippen molar-refractivity contribution in [2.75, 3.05) is 0 Å². The van der Waals surface area contributed by atoms with Crippen LogP contribution < -0.4 is 0 Å². The number of rotatable bonds is 1. The lowest BCUT2D eigenvalue weighted by Gasteiger charge is -1.97. The summed E-state index contributed by atoms with van der Waals surface area (Å²) in [5, 5.41) is 9.36. The summed E-state index contributed by atoms with van der Waals surface area (Å²) in [5.41, 5.74) is 1.39. The van der Waals surface area contributed by atoms with Gasteiger partial charge in [-0.05, 0) is 30.9 Å². The highest BCUT2D eigenvalue weighted by Crippen LogP contribution is 2.33. The fourth-order valence-electron chi connectivity index (χ4n) is 1.57. The Morgan fingerprint density at radius 2 is 2.42 bits per heavy atom. The largest absolute Gasteiger partial charge is 0.375 e. The van der Waals surface area contributed by atoms with Crippen LogP contribution >= 0.6 is 11.3 Å². The van der Waals surface area contributed by atoms with Gasteiger partial charge in [-0.2, -0.15) is 0 Å². The molecule has 0 radical (unpaired) electrons. The monoisotopic (exact) mass is 178 g/mol. The van der Waals surface area contributed by atoms with Crippen molar-refractivity contribution in [2.24, 2.45) is 0 Å². The van der Waals surface area contributed by atoms with Crippen LogP contribution in [0.5, 0.6) is 0 Å². The molecule has 62 valence electrons. The zero-order valence-corrected chi connectivity index (χ0v) is 7.53. The maximum atomic E-state index is 9.36. The Kier molecular flexibility index (Phi) is 1.92. The minimum atomic E-state index is -0.694.